The van der Waals surface area contributed by atoms with E-state index in [1.165, 1.54) is 64.5 Å². The lowest BCUT2D eigenvalue weighted by atomic mass is 9.43. The topological polar surface area (TPSA) is 48.3 Å². The van der Waals surface area contributed by atoms with Crippen LogP contribution in [0.3, 0.4) is 0 Å². The van der Waals surface area contributed by atoms with Crippen LogP contribution in [0.4, 0.5) is 0 Å². The van der Waals surface area contributed by atoms with Gasteiger partial charge < -0.3 is 19.8 Å². The molecule has 5 fully saturated rings. The molecule has 3 unspecified atom stereocenters. The number of aliphatic hydroxyl groups is 1. The van der Waals surface area contributed by atoms with E-state index in [1.54, 1.807) is 0 Å². The molecule has 0 spiro atoms. The number of likely N-dealkylation sites (tertiary alicyclic amines) is 1. The van der Waals surface area contributed by atoms with Crippen molar-refractivity contribution in [3.63, 3.8) is 0 Å². The van der Waals surface area contributed by atoms with Gasteiger partial charge in [-0.3, -0.25) is 0 Å². The summed E-state index contributed by atoms with van der Waals surface area (Å²) in [7, 11) is 3.98. The molecule has 5 nitrogen and oxygen atoms in total. The minimum absolute atomic E-state index is 0.0211. The van der Waals surface area contributed by atoms with Crippen molar-refractivity contribution in [2.24, 2.45) is 39.6 Å². The van der Waals surface area contributed by atoms with Gasteiger partial charge in [0.25, 0.3) is 0 Å². The number of fused-ring (bicyclic) bond motifs is 5. The lowest BCUT2D eigenvalue weighted by Gasteiger charge is -2.63. The third-order valence-electron chi connectivity index (χ3n) is 11.3. The summed E-state index contributed by atoms with van der Waals surface area (Å²) in [6, 6.07) is 0. The molecular weight excluding hydrogens is 410 g/mol. The first-order valence-electron chi connectivity index (χ1n) is 14.0. The quantitative estimate of drug-likeness (QED) is 0.458. The standard InChI is InChI=1S/C28H49N3O2/c1-26-12-10-23(33-18-17-31-15-5-6-16-31)19-21(26)7-8-25-24(26)11-13-27(2)22(20-29-30(3)4)9-14-28(25,27)32/h20-25,32H,5-19H2,1-4H3/b29-20+/t21?,22?,23?,24-,25-,26+,27-,28-/m1/s1. The van der Waals surface area contributed by atoms with Crippen LogP contribution in [0.25, 0.3) is 0 Å². The Labute approximate surface area is 202 Å². The van der Waals surface area contributed by atoms with Crippen LogP contribution in [0.1, 0.15) is 84.5 Å². The molecule has 4 aliphatic carbocycles. The van der Waals surface area contributed by atoms with Gasteiger partial charge in [0, 0.05) is 38.2 Å². The molecule has 0 bridgehead atoms. The summed E-state index contributed by atoms with van der Waals surface area (Å²) in [5.74, 6) is 2.30. The van der Waals surface area contributed by atoms with Gasteiger partial charge in [0.2, 0.25) is 0 Å². The Balaban J connectivity index is 1.24. The molecule has 0 aromatic carbocycles. The van der Waals surface area contributed by atoms with Gasteiger partial charge in [-0.15, -0.1) is 0 Å². The van der Waals surface area contributed by atoms with Gasteiger partial charge in [-0.1, -0.05) is 13.8 Å². The smallest absolute Gasteiger partial charge is 0.0738 e. The van der Waals surface area contributed by atoms with E-state index in [9.17, 15) is 5.11 Å². The molecule has 0 radical (unpaired) electrons. The van der Waals surface area contributed by atoms with Crippen LogP contribution in [-0.2, 0) is 4.74 Å². The summed E-state index contributed by atoms with van der Waals surface area (Å²) in [5.41, 5.74) is -0.159. The molecule has 0 aromatic rings. The number of ether oxygens (including phenoxy) is 1. The minimum Gasteiger partial charge on any atom is -0.389 e. The Bertz CT molecular complexity index is 722. The highest BCUT2D eigenvalue weighted by molar-refractivity contribution is 5.63. The molecule has 1 heterocycles. The third-order valence-corrected chi connectivity index (χ3v) is 11.3. The van der Waals surface area contributed by atoms with Crippen molar-refractivity contribution in [2.75, 3.05) is 40.3 Å². The SMILES string of the molecule is CN(C)/N=C/C1CC[C@@]2(O)[C@@H]3CCC4CC(OCCN5CCCC5)CC[C@]4(C)[C@@H]3CC[C@]12C. The van der Waals surface area contributed by atoms with Crippen molar-refractivity contribution < 1.29 is 9.84 Å². The van der Waals surface area contributed by atoms with E-state index in [-0.39, 0.29) is 5.41 Å². The Morgan fingerprint density at radius 1 is 1.00 bits per heavy atom. The summed E-state index contributed by atoms with van der Waals surface area (Å²) in [6.07, 6.45) is 16.0. The van der Waals surface area contributed by atoms with Crippen LogP contribution < -0.4 is 0 Å². The van der Waals surface area contributed by atoms with Gasteiger partial charge >= 0.3 is 0 Å². The van der Waals surface area contributed by atoms with Crippen LogP contribution in [-0.4, -0.2) is 73.3 Å². The van der Waals surface area contributed by atoms with E-state index in [2.05, 4.69) is 30.1 Å². The van der Waals surface area contributed by atoms with E-state index in [4.69, 9.17) is 4.74 Å². The highest BCUT2D eigenvalue weighted by atomic mass is 16.5. The number of hydrogen-bond acceptors (Lipinski definition) is 5. The molecule has 5 aliphatic rings. The first-order valence-corrected chi connectivity index (χ1v) is 14.0. The molecule has 1 aliphatic heterocycles. The van der Waals surface area contributed by atoms with Gasteiger partial charge in [0.1, 0.15) is 0 Å². The molecule has 1 N–H and O–H groups in total. The second-order valence-electron chi connectivity index (χ2n) is 12.9. The largest absolute Gasteiger partial charge is 0.389 e. The van der Waals surface area contributed by atoms with Crippen LogP contribution in [0.5, 0.6) is 0 Å². The molecule has 0 amide bonds. The number of hydrazone groups is 1. The van der Waals surface area contributed by atoms with Gasteiger partial charge in [0.15, 0.2) is 0 Å². The number of nitrogens with zero attached hydrogens (tertiary/aromatic N) is 3. The van der Waals surface area contributed by atoms with Gasteiger partial charge in [-0.25, -0.2) is 0 Å². The van der Waals surface area contributed by atoms with Crippen LogP contribution in [0.15, 0.2) is 5.10 Å². The molecule has 5 heteroatoms. The monoisotopic (exact) mass is 459 g/mol. The maximum absolute atomic E-state index is 12.3. The average Bonchev–Trinajstić information content (AvgIpc) is 3.38. The highest BCUT2D eigenvalue weighted by Gasteiger charge is 2.66. The van der Waals surface area contributed by atoms with Gasteiger partial charge in [-0.2, -0.15) is 5.10 Å². The molecule has 8 atom stereocenters. The summed E-state index contributed by atoms with van der Waals surface area (Å²) in [4.78, 5) is 2.57. The summed E-state index contributed by atoms with van der Waals surface area (Å²) in [6.45, 7) is 9.52. The van der Waals surface area contributed by atoms with Crippen LogP contribution in [0.2, 0.25) is 0 Å². The van der Waals surface area contributed by atoms with Gasteiger partial charge in [0.05, 0.1) is 18.3 Å². The van der Waals surface area contributed by atoms with Crippen molar-refractivity contribution in [3.8, 4) is 0 Å². The number of rotatable bonds is 6. The van der Waals surface area contributed by atoms with E-state index in [0.29, 0.717) is 29.3 Å². The zero-order valence-corrected chi connectivity index (χ0v) is 21.8. The zero-order valence-electron chi connectivity index (χ0n) is 21.8. The lowest BCUT2D eigenvalue weighted by molar-refractivity contribution is -0.208. The molecule has 33 heavy (non-hydrogen) atoms. The molecule has 4 saturated carbocycles. The van der Waals surface area contributed by atoms with E-state index in [1.807, 2.05) is 19.1 Å². The van der Waals surface area contributed by atoms with Crippen LogP contribution in [0, 0.1) is 34.5 Å². The molecule has 5 rings (SSSR count). The first kappa shape index (κ1) is 24.1. The molecule has 1 saturated heterocycles. The fraction of sp³-hybridized carbons (Fsp3) is 0.964. The van der Waals surface area contributed by atoms with E-state index < -0.39 is 5.60 Å². The van der Waals surface area contributed by atoms with Gasteiger partial charge in [-0.05, 0) is 107 Å². The Kier molecular flexibility index (Phi) is 6.63. The fourth-order valence-corrected chi connectivity index (χ4v) is 9.19. The predicted molar refractivity (Wildman–Crippen MR) is 134 cm³/mol. The third kappa shape index (κ3) is 4.08. The Hall–Kier alpha value is -0.650. The average molecular weight is 460 g/mol. The predicted octanol–water partition coefficient (Wildman–Crippen LogP) is 4.79. The second-order valence-corrected chi connectivity index (χ2v) is 12.9. The normalized spacial score (nSPS) is 48.0. The van der Waals surface area contributed by atoms with Crippen molar-refractivity contribution in [3.05, 3.63) is 0 Å². The zero-order chi connectivity index (χ0) is 23.3. The maximum atomic E-state index is 12.3. The van der Waals surface area contributed by atoms with E-state index in [0.717, 1.165) is 38.3 Å². The fourth-order valence-electron chi connectivity index (χ4n) is 9.19. The first-order chi connectivity index (χ1) is 15.8. The minimum atomic E-state index is -0.518. The number of hydrogen-bond donors (Lipinski definition) is 1. The molecule has 0 aromatic heterocycles. The van der Waals surface area contributed by atoms with Crippen molar-refractivity contribution in [2.45, 2.75) is 96.2 Å². The summed E-state index contributed by atoms with van der Waals surface area (Å²) in [5, 5.41) is 18.8. The van der Waals surface area contributed by atoms with E-state index >= 15 is 0 Å². The summed E-state index contributed by atoms with van der Waals surface area (Å²) >= 11 is 0. The van der Waals surface area contributed by atoms with Crippen molar-refractivity contribution >= 4 is 6.21 Å². The van der Waals surface area contributed by atoms with Crippen molar-refractivity contribution in [1.82, 2.24) is 9.91 Å². The lowest BCUT2D eigenvalue weighted by Crippen LogP contribution is -2.62. The highest BCUT2D eigenvalue weighted by Crippen LogP contribution is 2.68. The van der Waals surface area contributed by atoms with Crippen molar-refractivity contribution in [1.29, 1.82) is 0 Å². The second kappa shape index (κ2) is 9.09. The molecular formula is C28H49N3O2. The van der Waals surface area contributed by atoms with Crippen LogP contribution >= 0.6 is 0 Å². The molecule has 188 valence electrons. The Morgan fingerprint density at radius 2 is 1.79 bits per heavy atom. The summed E-state index contributed by atoms with van der Waals surface area (Å²) < 4.78 is 6.43. The maximum Gasteiger partial charge on any atom is 0.0738 e. The Morgan fingerprint density at radius 3 is 2.55 bits per heavy atom.